The summed E-state index contributed by atoms with van der Waals surface area (Å²) < 4.78 is 7.16. The van der Waals surface area contributed by atoms with E-state index in [1.54, 1.807) is 12.3 Å². The molecule has 0 saturated carbocycles. The van der Waals surface area contributed by atoms with E-state index in [1.165, 1.54) is 0 Å². The molecule has 0 radical (unpaired) electrons. The third kappa shape index (κ3) is 2.75. The van der Waals surface area contributed by atoms with Crippen molar-refractivity contribution < 1.29 is 4.74 Å². The molecule has 0 saturated heterocycles. The van der Waals surface area contributed by atoms with E-state index in [1.807, 2.05) is 6.07 Å². The highest BCUT2D eigenvalue weighted by atomic mass is 127. The van der Waals surface area contributed by atoms with Crippen molar-refractivity contribution >= 4 is 38.5 Å². The SMILES string of the molecule is C=CCOc1cnc(Br)c(I)c1. The predicted octanol–water partition coefficient (Wildman–Crippen LogP) is 3.01. The zero-order valence-electron chi connectivity index (χ0n) is 6.26. The third-order valence-corrected chi connectivity index (χ3v) is 3.33. The normalized spacial score (nSPS) is 9.50. The van der Waals surface area contributed by atoms with Gasteiger partial charge in [0, 0.05) is 3.57 Å². The highest BCUT2D eigenvalue weighted by Crippen LogP contribution is 2.20. The first-order valence-electron chi connectivity index (χ1n) is 3.29. The number of nitrogens with zero attached hydrogens (tertiary/aromatic N) is 1. The third-order valence-electron chi connectivity index (χ3n) is 1.14. The van der Waals surface area contributed by atoms with Crippen LogP contribution in [0.15, 0.2) is 29.5 Å². The predicted molar refractivity (Wildman–Crippen MR) is 60.3 cm³/mol. The summed E-state index contributed by atoms with van der Waals surface area (Å²) in [6.07, 6.45) is 3.38. The number of aromatic nitrogens is 1. The summed E-state index contributed by atoms with van der Waals surface area (Å²) in [6, 6.07) is 1.92. The van der Waals surface area contributed by atoms with Gasteiger partial charge in [-0.25, -0.2) is 4.98 Å². The van der Waals surface area contributed by atoms with Crippen molar-refractivity contribution in [2.45, 2.75) is 0 Å². The van der Waals surface area contributed by atoms with Gasteiger partial charge in [0.1, 0.15) is 17.0 Å². The average molecular weight is 340 g/mol. The zero-order valence-corrected chi connectivity index (χ0v) is 10.0. The molecule has 0 unspecified atom stereocenters. The Morgan fingerprint density at radius 2 is 2.50 bits per heavy atom. The Labute approximate surface area is 93.3 Å². The summed E-state index contributed by atoms with van der Waals surface area (Å²) in [6.45, 7) is 4.07. The lowest BCUT2D eigenvalue weighted by molar-refractivity contribution is 0.361. The molecular formula is C8H7BrINO. The molecule has 2 nitrogen and oxygen atoms in total. The molecular weight excluding hydrogens is 333 g/mol. The number of hydrogen-bond donors (Lipinski definition) is 0. The molecule has 0 fully saturated rings. The van der Waals surface area contributed by atoms with Crippen molar-refractivity contribution in [3.63, 3.8) is 0 Å². The van der Waals surface area contributed by atoms with Crippen molar-refractivity contribution in [3.05, 3.63) is 33.1 Å². The molecule has 1 heterocycles. The minimum Gasteiger partial charge on any atom is -0.488 e. The highest BCUT2D eigenvalue weighted by Gasteiger charge is 1.99. The van der Waals surface area contributed by atoms with Crippen LogP contribution in [0.1, 0.15) is 0 Å². The van der Waals surface area contributed by atoms with E-state index in [-0.39, 0.29) is 0 Å². The van der Waals surface area contributed by atoms with Crippen LogP contribution in [-0.4, -0.2) is 11.6 Å². The van der Waals surface area contributed by atoms with Crippen LogP contribution in [0, 0.1) is 3.57 Å². The number of hydrogen-bond acceptors (Lipinski definition) is 2. The fraction of sp³-hybridized carbons (Fsp3) is 0.125. The van der Waals surface area contributed by atoms with Gasteiger partial charge in [-0.2, -0.15) is 0 Å². The molecule has 0 spiro atoms. The van der Waals surface area contributed by atoms with Gasteiger partial charge in [-0.15, -0.1) is 0 Å². The summed E-state index contributed by atoms with van der Waals surface area (Å²) in [5, 5.41) is 0. The standard InChI is InChI=1S/C8H7BrINO/c1-2-3-12-6-4-7(10)8(9)11-5-6/h2,4-5H,1,3H2. The second kappa shape index (κ2) is 4.81. The lowest BCUT2D eigenvalue weighted by Gasteiger charge is -2.02. The molecule has 1 aromatic rings. The van der Waals surface area contributed by atoms with E-state index in [4.69, 9.17) is 4.74 Å². The van der Waals surface area contributed by atoms with E-state index >= 15 is 0 Å². The fourth-order valence-electron chi connectivity index (χ4n) is 0.638. The van der Waals surface area contributed by atoms with Crippen LogP contribution < -0.4 is 4.74 Å². The van der Waals surface area contributed by atoms with E-state index in [2.05, 4.69) is 50.1 Å². The lowest BCUT2D eigenvalue weighted by Crippen LogP contribution is -1.94. The van der Waals surface area contributed by atoms with Gasteiger partial charge in [0.05, 0.1) is 6.20 Å². The zero-order chi connectivity index (χ0) is 8.97. The van der Waals surface area contributed by atoms with Gasteiger partial charge >= 0.3 is 0 Å². The summed E-state index contributed by atoms with van der Waals surface area (Å²) in [5.74, 6) is 0.766. The Bertz CT molecular complexity index is 290. The van der Waals surface area contributed by atoms with Gasteiger partial charge in [0.2, 0.25) is 0 Å². The average Bonchev–Trinajstić information content (AvgIpc) is 2.07. The van der Waals surface area contributed by atoms with E-state index in [9.17, 15) is 0 Å². The lowest BCUT2D eigenvalue weighted by atomic mass is 10.5. The molecule has 12 heavy (non-hydrogen) atoms. The molecule has 0 aromatic carbocycles. The summed E-state index contributed by atoms with van der Waals surface area (Å²) in [4.78, 5) is 4.08. The Morgan fingerprint density at radius 3 is 3.08 bits per heavy atom. The van der Waals surface area contributed by atoms with Crippen LogP contribution in [0.2, 0.25) is 0 Å². The molecule has 64 valence electrons. The van der Waals surface area contributed by atoms with Gasteiger partial charge in [-0.3, -0.25) is 0 Å². The summed E-state index contributed by atoms with van der Waals surface area (Å²) in [5.41, 5.74) is 0. The largest absolute Gasteiger partial charge is 0.488 e. The van der Waals surface area contributed by atoms with Crippen molar-refractivity contribution in [3.8, 4) is 5.75 Å². The molecule has 1 aromatic heterocycles. The maximum Gasteiger partial charge on any atom is 0.139 e. The molecule has 0 bridgehead atoms. The Balaban J connectivity index is 2.75. The fourth-order valence-corrected chi connectivity index (χ4v) is 1.30. The minimum atomic E-state index is 0.513. The quantitative estimate of drug-likeness (QED) is 0.480. The van der Waals surface area contributed by atoms with Gasteiger partial charge < -0.3 is 4.74 Å². The Morgan fingerprint density at radius 1 is 1.75 bits per heavy atom. The van der Waals surface area contributed by atoms with Crippen molar-refractivity contribution in [2.75, 3.05) is 6.61 Å². The molecule has 0 aliphatic rings. The van der Waals surface area contributed by atoms with Crippen molar-refractivity contribution in [1.29, 1.82) is 0 Å². The van der Waals surface area contributed by atoms with Crippen LogP contribution in [-0.2, 0) is 0 Å². The number of ether oxygens (including phenoxy) is 1. The maximum absolute atomic E-state index is 5.28. The first-order valence-corrected chi connectivity index (χ1v) is 5.16. The first kappa shape index (κ1) is 9.98. The monoisotopic (exact) mass is 339 g/mol. The van der Waals surface area contributed by atoms with Crippen LogP contribution in [0.4, 0.5) is 0 Å². The number of halogens is 2. The number of pyridine rings is 1. The molecule has 0 N–H and O–H groups in total. The summed E-state index contributed by atoms with van der Waals surface area (Å²) in [7, 11) is 0. The highest BCUT2D eigenvalue weighted by molar-refractivity contribution is 14.1. The van der Waals surface area contributed by atoms with Crippen LogP contribution in [0.5, 0.6) is 5.75 Å². The Kier molecular flexibility index (Phi) is 4.00. The molecule has 0 atom stereocenters. The molecule has 1 rings (SSSR count). The van der Waals surface area contributed by atoms with Crippen LogP contribution in [0.3, 0.4) is 0 Å². The van der Waals surface area contributed by atoms with Crippen molar-refractivity contribution in [2.24, 2.45) is 0 Å². The maximum atomic E-state index is 5.28. The van der Waals surface area contributed by atoms with Crippen LogP contribution >= 0.6 is 38.5 Å². The van der Waals surface area contributed by atoms with Gasteiger partial charge in [-0.1, -0.05) is 12.7 Å². The van der Waals surface area contributed by atoms with Gasteiger partial charge in [0.15, 0.2) is 0 Å². The molecule has 0 aliphatic carbocycles. The summed E-state index contributed by atoms with van der Waals surface area (Å²) >= 11 is 5.49. The second-order valence-corrected chi connectivity index (χ2v) is 3.96. The number of rotatable bonds is 3. The van der Waals surface area contributed by atoms with E-state index in [0.717, 1.165) is 13.9 Å². The minimum absolute atomic E-state index is 0.513. The van der Waals surface area contributed by atoms with E-state index < -0.39 is 0 Å². The van der Waals surface area contributed by atoms with Gasteiger partial charge in [0.25, 0.3) is 0 Å². The molecule has 4 heteroatoms. The first-order chi connectivity index (χ1) is 5.74. The Hall–Kier alpha value is -0.100. The van der Waals surface area contributed by atoms with Crippen molar-refractivity contribution in [1.82, 2.24) is 4.98 Å². The van der Waals surface area contributed by atoms with Crippen LogP contribution in [0.25, 0.3) is 0 Å². The topological polar surface area (TPSA) is 22.1 Å². The second-order valence-electron chi connectivity index (χ2n) is 2.04. The van der Waals surface area contributed by atoms with Gasteiger partial charge in [-0.05, 0) is 44.6 Å². The molecule has 0 amide bonds. The smallest absolute Gasteiger partial charge is 0.139 e. The molecule has 0 aliphatic heterocycles. The van der Waals surface area contributed by atoms with E-state index in [0.29, 0.717) is 6.61 Å².